The van der Waals surface area contributed by atoms with Gasteiger partial charge in [0, 0.05) is 6.07 Å². The van der Waals surface area contributed by atoms with Crippen molar-refractivity contribution in [3.05, 3.63) is 23.8 Å². The molecule has 2 rings (SSSR count). The van der Waals surface area contributed by atoms with E-state index in [1.807, 2.05) is 13.8 Å². The first-order valence-electron chi connectivity index (χ1n) is 5.48. The zero-order valence-corrected chi connectivity index (χ0v) is 9.87. The molecule has 3 nitrogen and oxygen atoms in total. The molecule has 0 N–H and O–H groups in total. The summed E-state index contributed by atoms with van der Waals surface area (Å²) in [5.41, 5.74) is 0.280. The molecule has 16 heavy (non-hydrogen) atoms. The molecule has 1 aliphatic rings. The molecular weight excluding hydrogens is 204 g/mol. The van der Waals surface area contributed by atoms with E-state index >= 15 is 0 Å². The van der Waals surface area contributed by atoms with Crippen molar-refractivity contribution in [3.8, 4) is 11.5 Å². The number of ketones is 1. The van der Waals surface area contributed by atoms with Crippen LogP contribution in [-0.2, 0) is 0 Å². The molecule has 1 unspecified atom stereocenters. The number of Topliss-reactive ketones (excluding diaryl/α,β-unsaturated/α-hetero) is 1. The highest BCUT2D eigenvalue weighted by molar-refractivity contribution is 6.00. The van der Waals surface area contributed by atoms with Crippen LogP contribution in [0, 0.1) is 0 Å². The molecule has 0 fully saturated rings. The van der Waals surface area contributed by atoms with Gasteiger partial charge in [0.25, 0.3) is 0 Å². The predicted molar refractivity (Wildman–Crippen MR) is 61.3 cm³/mol. The average Bonchev–Trinajstić information content (AvgIpc) is 2.28. The van der Waals surface area contributed by atoms with Gasteiger partial charge in [-0.15, -0.1) is 0 Å². The summed E-state index contributed by atoms with van der Waals surface area (Å²) < 4.78 is 11.0. The van der Waals surface area contributed by atoms with Gasteiger partial charge in [-0.3, -0.25) is 4.79 Å². The quantitative estimate of drug-likeness (QED) is 0.768. The van der Waals surface area contributed by atoms with E-state index in [0.717, 1.165) is 6.42 Å². The summed E-state index contributed by atoms with van der Waals surface area (Å²) in [6.07, 6.45) is 1.26. The Balaban J connectivity index is 2.43. The van der Waals surface area contributed by atoms with Gasteiger partial charge in [0.15, 0.2) is 5.78 Å². The third-order valence-corrected chi connectivity index (χ3v) is 3.13. The summed E-state index contributed by atoms with van der Waals surface area (Å²) in [4.78, 5) is 11.9. The normalized spacial score (nSPS) is 23.6. The molecule has 0 bridgehead atoms. The highest BCUT2D eigenvalue weighted by Gasteiger charge is 2.35. The Bertz CT molecular complexity index is 425. The van der Waals surface area contributed by atoms with Crippen LogP contribution in [0.5, 0.6) is 11.5 Å². The van der Waals surface area contributed by atoms with E-state index in [0.29, 0.717) is 23.5 Å². The van der Waals surface area contributed by atoms with Crippen LogP contribution in [0.25, 0.3) is 0 Å². The fraction of sp³-hybridized carbons (Fsp3) is 0.462. The third-order valence-electron chi connectivity index (χ3n) is 3.13. The number of carbonyl (C=O) groups excluding carboxylic acids is 1. The van der Waals surface area contributed by atoms with Crippen molar-refractivity contribution in [1.82, 2.24) is 0 Å². The van der Waals surface area contributed by atoms with E-state index in [-0.39, 0.29) is 11.4 Å². The number of ether oxygens (including phenoxy) is 2. The largest absolute Gasteiger partial charge is 0.497 e. The summed E-state index contributed by atoms with van der Waals surface area (Å²) in [7, 11) is 1.60. The smallest absolute Gasteiger partial charge is 0.170 e. The molecule has 0 saturated carbocycles. The molecule has 0 amide bonds. The lowest BCUT2D eigenvalue weighted by molar-refractivity contribution is 0.0497. The lowest BCUT2D eigenvalue weighted by Crippen LogP contribution is -2.38. The van der Waals surface area contributed by atoms with Crippen molar-refractivity contribution in [3.63, 3.8) is 0 Å². The predicted octanol–water partition coefficient (Wildman–Crippen LogP) is 2.83. The molecule has 0 radical (unpaired) electrons. The van der Waals surface area contributed by atoms with Crippen LogP contribution in [0.4, 0.5) is 0 Å². The fourth-order valence-corrected chi connectivity index (χ4v) is 1.88. The fourth-order valence-electron chi connectivity index (χ4n) is 1.88. The second kappa shape index (κ2) is 3.81. The molecule has 0 aliphatic carbocycles. The van der Waals surface area contributed by atoms with Crippen LogP contribution in [0.3, 0.4) is 0 Å². The molecule has 1 aromatic rings. The number of hydrogen-bond acceptors (Lipinski definition) is 3. The molecule has 0 spiro atoms. The summed E-state index contributed by atoms with van der Waals surface area (Å²) in [5.74, 6) is 1.50. The van der Waals surface area contributed by atoms with E-state index in [4.69, 9.17) is 9.47 Å². The molecule has 1 aromatic carbocycles. The van der Waals surface area contributed by atoms with Gasteiger partial charge in [-0.05, 0) is 25.5 Å². The Labute approximate surface area is 95.4 Å². The van der Waals surface area contributed by atoms with Crippen LogP contribution in [0.1, 0.15) is 37.0 Å². The number of carbonyl (C=O) groups is 1. The minimum Gasteiger partial charge on any atom is -0.497 e. The van der Waals surface area contributed by atoms with Crippen LogP contribution >= 0.6 is 0 Å². The first-order chi connectivity index (χ1) is 7.58. The number of hydrogen-bond donors (Lipinski definition) is 0. The van der Waals surface area contributed by atoms with Crippen LogP contribution in [0.15, 0.2) is 18.2 Å². The van der Waals surface area contributed by atoms with Crippen molar-refractivity contribution in [1.29, 1.82) is 0 Å². The zero-order valence-electron chi connectivity index (χ0n) is 9.87. The van der Waals surface area contributed by atoms with Crippen LogP contribution < -0.4 is 9.47 Å². The lowest BCUT2D eigenvalue weighted by atomic mass is 9.89. The van der Waals surface area contributed by atoms with Gasteiger partial charge in [-0.25, -0.2) is 0 Å². The van der Waals surface area contributed by atoms with Gasteiger partial charge < -0.3 is 9.47 Å². The van der Waals surface area contributed by atoms with E-state index in [9.17, 15) is 4.79 Å². The van der Waals surface area contributed by atoms with Gasteiger partial charge in [-0.2, -0.15) is 0 Å². The number of benzene rings is 1. The Morgan fingerprint density at radius 1 is 1.50 bits per heavy atom. The maximum Gasteiger partial charge on any atom is 0.170 e. The van der Waals surface area contributed by atoms with Crippen LogP contribution in [-0.4, -0.2) is 18.5 Å². The monoisotopic (exact) mass is 220 g/mol. The van der Waals surface area contributed by atoms with Crippen molar-refractivity contribution in [2.24, 2.45) is 0 Å². The minimum absolute atomic E-state index is 0.147. The molecule has 0 aromatic heterocycles. The molecule has 86 valence electrons. The van der Waals surface area contributed by atoms with Crippen molar-refractivity contribution in [2.45, 2.75) is 32.3 Å². The van der Waals surface area contributed by atoms with Crippen LogP contribution in [0.2, 0.25) is 0 Å². The molecule has 1 atom stereocenters. The Morgan fingerprint density at radius 2 is 2.25 bits per heavy atom. The van der Waals surface area contributed by atoms with E-state index in [1.54, 1.807) is 25.3 Å². The van der Waals surface area contributed by atoms with Gasteiger partial charge >= 0.3 is 0 Å². The number of methoxy groups -OCH3 is 1. The number of fused-ring (bicyclic) bond motifs is 1. The molecule has 1 heterocycles. The number of rotatable bonds is 2. The average molecular weight is 220 g/mol. The Hall–Kier alpha value is -1.51. The first kappa shape index (κ1) is 11.0. The zero-order chi connectivity index (χ0) is 11.8. The van der Waals surface area contributed by atoms with E-state index in [2.05, 4.69) is 0 Å². The van der Waals surface area contributed by atoms with Gasteiger partial charge in [0.1, 0.15) is 17.1 Å². The highest BCUT2D eigenvalue weighted by atomic mass is 16.5. The summed E-state index contributed by atoms with van der Waals surface area (Å²) in [6, 6.07) is 5.33. The van der Waals surface area contributed by atoms with Crippen molar-refractivity contribution in [2.75, 3.05) is 7.11 Å². The standard InChI is InChI=1S/C13H16O3/c1-4-13(2)8-11(14)10-6-5-9(15-3)7-12(10)16-13/h5-7H,4,8H2,1-3H3. The molecule has 0 saturated heterocycles. The Morgan fingerprint density at radius 3 is 2.88 bits per heavy atom. The summed E-state index contributed by atoms with van der Waals surface area (Å²) in [5, 5.41) is 0. The second-order valence-corrected chi connectivity index (χ2v) is 4.37. The van der Waals surface area contributed by atoms with Crippen molar-refractivity contribution >= 4 is 5.78 Å². The third kappa shape index (κ3) is 1.77. The molecule has 1 aliphatic heterocycles. The highest BCUT2D eigenvalue weighted by Crippen LogP contribution is 2.36. The summed E-state index contributed by atoms with van der Waals surface area (Å²) >= 11 is 0. The molecular formula is C13H16O3. The van der Waals surface area contributed by atoms with Gasteiger partial charge in [-0.1, -0.05) is 6.92 Å². The maximum atomic E-state index is 11.9. The van der Waals surface area contributed by atoms with Gasteiger partial charge in [0.05, 0.1) is 19.1 Å². The summed E-state index contributed by atoms with van der Waals surface area (Å²) in [6.45, 7) is 3.99. The SMILES string of the molecule is CCC1(C)CC(=O)c2ccc(OC)cc2O1. The van der Waals surface area contributed by atoms with E-state index < -0.39 is 0 Å². The van der Waals surface area contributed by atoms with E-state index in [1.165, 1.54) is 0 Å². The first-order valence-corrected chi connectivity index (χ1v) is 5.48. The molecule has 3 heteroatoms. The minimum atomic E-state index is -0.379. The second-order valence-electron chi connectivity index (χ2n) is 4.37. The topological polar surface area (TPSA) is 35.5 Å². The maximum absolute atomic E-state index is 11.9. The van der Waals surface area contributed by atoms with Gasteiger partial charge in [0.2, 0.25) is 0 Å². The van der Waals surface area contributed by atoms with Crippen molar-refractivity contribution < 1.29 is 14.3 Å². The lowest BCUT2D eigenvalue weighted by Gasteiger charge is -2.34. The Kier molecular flexibility index (Phi) is 2.62.